The van der Waals surface area contributed by atoms with Gasteiger partial charge in [-0.05, 0) is 0 Å². The maximum Gasteiger partial charge on any atom is 0.345 e. The minimum atomic E-state index is -2.04. The molecule has 0 saturated heterocycles. The molecule has 0 amide bonds. The predicted molar refractivity (Wildman–Crippen MR) is 58.1 cm³/mol. The summed E-state index contributed by atoms with van der Waals surface area (Å²) in [4.78, 5) is 41.8. The summed E-state index contributed by atoms with van der Waals surface area (Å²) < 4.78 is 4.15. The molecule has 2 unspecified atom stereocenters. The summed E-state index contributed by atoms with van der Waals surface area (Å²) >= 11 is 0. The van der Waals surface area contributed by atoms with Crippen molar-refractivity contribution in [2.24, 2.45) is 0 Å². The van der Waals surface area contributed by atoms with Crippen molar-refractivity contribution in [1.29, 1.82) is 0 Å². The molecule has 2 atom stereocenters. The Morgan fingerprint density at radius 1 is 0.895 bits per heavy atom. The molecule has 0 radical (unpaired) electrons. The summed E-state index contributed by atoms with van der Waals surface area (Å²) in [6, 6.07) is 0. The zero-order valence-electron chi connectivity index (χ0n) is 9.81. The Morgan fingerprint density at radius 2 is 1.32 bits per heavy atom. The van der Waals surface area contributed by atoms with E-state index in [-0.39, 0.29) is 12.3 Å². The van der Waals surface area contributed by atoms with Gasteiger partial charge in [0, 0.05) is 0 Å². The van der Waals surface area contributed by atoms with Crippen LogP contribution in [0.2, 0.25) is 0 Å². The minimum Gasteiger partial charge on any atom is -0.481 e. The van der Waals surface area contributed by atoms with Crippen molar-refractivity contribution < 1.29 is 44.3 Å². The van der Waals surface area contributed by atoms with Gasteiger partial charge in [-0.15, -0.1) is 0 Å². The lowest BCUT2D eigenvalue weighted by Gasteiger charge is -2.13. The van der Waals surface area contributed by atoms with Gasteiger partial charge in [-0.3, -0.25) is 9.59 Å². The second-order valence-corrected chi connectivity index (χ2v) is 2.98. The molecule has 11 heteroatoms. The highest BCUT2D eigenvalue weighted by atomic mass is 16.6. The van der Waals surface area contributed by atoms with Crippen LogP contribution < -0.4 is 12.3 Å². The maximum absolute atomic E-state index is 11.0. The van der Waals surface area contributed by atoms with Crippen LogP contribution in [0, 0.1) is 0 Å². The molecule has 19 heavy (non-hydrogen) atoms. The van der Waals surface area contributed by atoms with Crippen LogP contribution in [0.5, 0.6) is 0 Å². The van der Waals surface area contributed by atoms with Crippen molar-refractivity contribution in [2.45, 2.75) is 25.0 Å². The van der Waals surface area contributed by atoms with E-state index in [0.717, 1.165) is 0 Å². The van der Waals surface area contributed by atoms with E-state index >= 15 is 0 Å². The van der Waals surface area contributed by atoms with E-state index in [2.05, 4.69) is 4.74 Å². The first-order valence-electron chi connectivity index (χ1n) is 4.29. The first-order chi connectivity index (χ1) is 7.73. The number of ether oxygens (including phenoxy) is 1. The fourth-order valence-electron chi connectivity index (χ4n) is 0.805. The molecule has 0 aromatic heterocycles. The Morgan fingerprint density at radius 3 is 1.63 bits per heavy atom. The van der Waals surface area contributed by atoms with Gasteiger partial charge in [0.1, 0.15) is 0 Å². The maximum atomic E-state index is 11.0. The van der Waals surface area contributed by atoms with Gasteiger partial charge in [-0.1, -0.05) is 0 Å². The summed E-state index contributed by atoms with van der Waals surface area (Å²) in [6.45, 7) is 0. The van der Waals surface area contributed by atoms with Gasteiger partial charge in [0.2, 0.25) is 6.10 Å². The fraction of sp³-hybridized carbons (Fsp3) is 0.500. The molecular weight excluding hydrogens is 268 g/mol. The van der Waals surface area contributed by atoms with Crippen LogP contribution in [0.4, 0.5) is 0 Å². The van der Waals surface area contributed by atoms with Crippen LogP contribution in [0.3, 0.4) is 0 Å². The Labute approximate surface area is 107 Å². The van der Waals surface area contributed by atoms with E-state index in [1.54, 1.807) is 0 Å². The number of carbonyl (C=O) groups is 4. The number of carboxylic acids is 3. The molecule has 0 saturated carbocycles. The molecule has 112 valence electrons. The SMILES string of the molecule is N.N.O=C(O)CC(O)C(=O)OC(CC(=O)O)C(=O)O. The molecule has 0 fully saturated rings. The van der Waals surface area contributed by atoms with Gasteiger partial charge in [-0.2, -0.15) is 0 Å². The molecule has 0 aliphatic rings. The Balaban J connectivity index is -0.00000128. The van der Waals surface area contributed by atoms with Crippen LogP contribution in [-0.2, 0) is 23.9 Å². The standard InChI is InChI=1S/C8H10O9.2H3N/c9-3(1-5(10)11)8(16)17-4(7(14)15)2-6(12)13;;/h3-4,9H,1-2H2,(H,10,11)(H,12,13)(H,14,15);2*1H3. The van der Waals surface area contributed by atoms with Gasteiger partial charge in [-0.25, -0.2) is 9.59 Å². The summed E-state index contributed by atoms with van der Waals surface area (Å²) in [6.07, 6.45) is -5.95. The molecule has 0 aliphatic heterocycles. The Kier molecular flexibility index (Phi) is 11.3. The molecule has 11 nitrogen and oxygen atoms in total. The fourth-order valence-corrected chi connectivity index (χ4v) is 0.805. The summed E-state index contributed by atoms with van der Waals surface area (Å²) in [7, 11) is 0. The zero-order chi connectivity index (χ0) is 13.6. The molecule has 0 spiro atoms. The third-order valence-electron chi connectivity index (χ3n) is 1.53. The lowest BCUT2D eigenvalue weighted by Crippen LogP contribution is -2.35. The summed E-state index contributed by atoms with van der Waals surface area (Å²) in [5.74, 6) is -6.21. The number of aliphatic carboxylic acids is 3. The molecule has 0 heterocycles. The predicted octanol–water partition coefficient (Wildman–Crippen LogP) is -1.38. The highest BCUT2D eigenvalue weighted by molar-refractivity contribution is 5.85. The number of aliphatic hydroxyl groups is 1. The molecule has 0 rings (SSSR count). The number of carboxylic acid groups (broad SMARTS) is 3. The van der Waals surface area contributed by atoms with Crippen LogP contribution in [0.1, 0.15) is 12.8 Å². The summed E-state index contributed by atoms with van der Waals surface area (Å²) in [5, 5.41) is 34.0. The second kappa shape index (κ2) is 9.76. The van der Waals surface area contributed by atoms with E-state index in [1.807, 2.05) is 0 Å². The molecule has 0 aromatic carbocycles. The Bertz CT molecular complexity index is 343. The topological polar surface area (TPSA) is 228 Å². The van der Waals surface area contributed by atoms with Crippen molar-refractivity contribution in [3.63, 3.8) is 0 Å². The number of esters is 1. The van der Waals surface area contributed by atoms with Crippen molar-refractivity contribution in [1.82, 2.24) is 12.3 Å². The average molecular weight is 284 g/mol. The van der Waals surface area contributed by atoms with Gasteiger partial charge >= 0.3 is 23.9 Å². The third kappa shape index (κ3) is 9.46. The first-order valence-corrected chi connectivity index (χ1v) is 4.29. The Hall–Kier alpha value is -2.24. The summed E-state index contributed by atoms with van der Waals surface area (Å²) in [5.41, 5.74) is 0. The van der Waals surface area contributed by atoms with Crippen LogP contribution in [-0.4, -0.2) is 56.5 Å². The van der Waals surface area contributed by atoms with Gasteiger partial charge in [0.25, 0.3) is 0 Å². The van der Waals surface area contributed by atoms with Gasteiger partial charge in [0.05, 0.1) is 12.8 Å². The lowest BCUT2D eigenvalue weighted by atomic mass is 10.2. The van der Waals surface area contributed by atoms with E-state index < -0.39 is 48.9 Å². The molecular formula is C8H16N2O9. The largest absolute Gasteiger partial charge is 0.481 e. The number of aliphatic hydroxyl groups excluding tert-OH is 1. The minimum absolute atomic E-state index is 0. The lowest BCUT2D eigenvalue weighted by molar-refractivity contribution is -0.174. The van der Waals surface area contributed by atoms with E-state index in [0.29, 0.717) is 0 Å². The van der Waals surface area contributed by atoms with Crippen LogP contribution in [0.25, 0.3) is 0 Å². The van der Waals surface area contributed by atoms with Crippen molar-refractivity contribution in [2.75, 3.05) is 0 Å². The molecule has 0 aromatic rings. The zero-order valence-corrected chi connectivity index (χ0v) is 9.81. The molecule has 0 aliphatic carbocycles. The molecule has 0 bridgehead atoms. The van der Waals surface area contributed by atoms with E-state index in [1.165, 1.54) is 0 Å². The van der Waals surface area contributed by atoms with Gasteiger partial charge < -0.3 is 37.5 Å². The van der Waals surface area contributed by atoms with Crippen molar-refractivity contribution in [3.05, 3.63) is 0 Å². The number of rotatable bonds is 7. The normalized spacial score (nSPS) is 12.1. The van der Waals surface area contributed by atoms with E-state index in [4.69, 9.17) is 20.4 Å². The highest BCUT2D eigenvalue weighted by Gasteiger charge is 2.29. The van der Waals surface area contributed by atoms with Crippen LogP contribution >= 0.6 is 0 Å². The van der Waals surface area contributed by atoms with E-state index in [9.17, 15) is 19.2 Å². The molecule has 10 N–H and O–H groups in total. The number of carbonyl (C=O) groups excluding carboxylic acids is 1. The number of hydrogen-bond acceptors (Lipinski definition) is 8. The first kappa shape index (κ1) is 22.0. The van der Waals surface area contributed by atoms with Crippen LogP contribution in [0.15, 0.2) is 0 Å². The van der Waals surface area contributed by atoms with Crippen molar-refractivity contribution >= 4 is 23.9 Å². The number of hydrogen-bond donors (Lipinski definition) is 6. The van der Waals surface area contributed by atoms with Gasteiger partial charge in [0.15, 0.2) is 6.10 Å². The highest BCUT2D eigenvalue weighted by Crippen LogP contribution is 2.04. The monoisotopic (exact) mass is 284 g/mol. The second-order valence-electron chi connectivity index (χ2n) is 2.98. The quantitative estimate of drug-likeness (QED) is 0.298. The van der Waals surface area contributed by atoms with Crippen molar-refractivity contribution in [3.8, 4) is 0 Å². The smallest absolute Gasteiger partial charge is 0.345 e. The third-order valence-corrected chi connectivity index (χ3v) is 1.53. The average Bonchev–Trinajstić information content (AvgIpc) is 2.14.